The number of nitrogens with zero attached hydrogens (tertiary/aromatic N) is 3. The molecule has 4 nitrogen and oxygen atoms in total. The quantitative estimate of drug-likeness (QED) is 0.722. The second-order valence-electron chi connectivity index (χ2n) is 5.80. The molecule has 1 aromatic heterocycles. The first-order chi connectivity index (χ1) is 11.9. The lowest BCUT2D eigenvalue weighted by atomic mass is 9.99. The lowest BCUT2D eigenvalue weighted by Crippen LogP contribution is -2.24. The maximum atomic E-state index is 13.1. The Morgan fingerprint density at radius 2 is 1.72 bits per heavy atom. The fourth-order valence-electron chi connectivity index (χ4n) is 2.67. The van der Waals surface area contributed by atoms with Crippen LogP contribution in [-0.2, 0) is 13.6 Å². The van der Waals surface area contributed by atoms with Gasteiger partial charge in [-0.1, -0.05) is 24.3 Å². The molecule has 3 rings (SSSR count). The number of rotatable bonds is 4. The number of benzene rings is 2. The highest BCUT2D eigenvalue weighted by Crippen LogP contribution is 2.24. The number of alkyl halides is 2. The van der Waals surface area contributed by atoms with Crippen molar-refractivity contribution < 1.29 is 13.2 Å². The molecule has 0 atom stereocenters. The molecule has 0 spiro atoms. The van der Waals surface area contributed by atoms with E-state index < -0.39 is 17.9 Å². The topological polar surface area (TPSA) is 39.8 Å². The smallest absolute Gasteiger partial charge is 0.270 e. The van der Waals surface area contributed by atoms with Crippen molar-refractivity contribution in [1.82, 2.24) is 14.3 Å². The van der Waals surface area contributed by atoms with Gasteiger partial charge in [0, 0.05) is 7.05 Å². The van der Waals surface area contributed by atoms with Crippen LogP contribution in [0.5, 0.6) is 0 Å². The molecule has 0 aliphatic carbocycles. The van der Waals surface area contributed by atoms with E-state index in [1.54, 1.807) is 12.1 Å². The summed E-state index contributed by atoms with van der Waals surface area (Å²) in [5, 5.41) is 3.60. The monoisotopic (exact) mass is 347 g/mol. The molecule has 3 aromatic rings. The Bertz CT molecular complexity index is 959. The van der Waals surface area contributed by atoms with Gasteiger partial charge in [0.2, 0.25) is 5.82 Å². The largest absolute Gasteiger partial charge is 0.346 e. The Kier molecular flexibility index (Phi) is 4.48. The molecule has 0 saturated heterocycles. The van der Waals surface area contributed by atoms with Gasteiger partial charge in [0.05, 0.1) is 6.54 Å². The van der Waals surface area contributed by atoms with Gasteiger partial charge in [-0.2, -0.15) is 0 Å². The SMILES string of the molecule is Cc1ccc(-c2ccc(F)cc2)cc1Cn1c(C(F)F)nn(C)c1=O. The summed E-state index contributed by atoms with van der Waals surface area (Å²) in [6, 6.07) is 11.5. The summed E-state index contributed by atoms with van der Waals surface area (Å²) in [4.78, 5) is 12.1. The zero-order valence-electron chi connectivity index (χ0n) is 13.7. The third kappa shape index (κ3) is 3.35. The van der Waals surface area contributed by atoms with Crippen molar-refractivity contribution >= 4 is 0 Å². The van der Waals surface area contributed by atoms with E-state index >= 15 is 0 Å². The molecule has 0 amide bonds. The van der Waals surface area contributed by atoms with Crippen molar-refractivity contribution in [2.24, 2.45) is 7.05 Å². The van der Waals surface area contributed by atoms with E-state index in [4.69, 9.17) is 0 Å². The molecule has 7 heteroatoms. The van der Waals surface area contributed by atoms with E-state index in [1.807, 2.05) is 25.1 Å². The molecule has 25 heavy (non-hydrogen) atoms. The predicted molar refractivity (Wildman–Crippen MR) is 88.1 cm³/mol. The van der Waals surface area contributed by atoms with Crippen LogP contribution in [0, 0.1) is 12.7 Å². The van der Waals surface area contributed by atoms with Crippen molar-refractivity contribution in [3.05, 3.63) is 75.7 Å². The zero-order chi connectivity index (χ0) is 18.1. The van der Waals surface area contributed by atoms with Crippen LogP contribution < -0.4 is 5.69 Å². The maximum absolute atomic E-state index is 13.1. The summed E-state index contributed by atoms with van der Waals surface area (Å²) < 4.78 is 41.2. The van der Waals surface area contributed by atoms with Gasteiger partial charge in [0.1, 0.15) is 5.82 Å². The van der Waals surface area contributed by atoms with Gasteiger partial charge >= 0.3 is 5.69 Å². The minimum atomic E-state index is -2.84. The average molecular weight is 347 g/mol. The van der Waals surface area contributed by atoms with Crippen molar-refractivity contribution in [3.8, 4) is 11.1 Å². The van der Waals surface area contributed by atoms with Gasteiger partial charge in [-0.15, -0.1) is 5.10 Å². The van der Waals surface area contributed by atoms with E-state index in [2.05, 4.69) is 5.10 Å². The molecule has 0 aliphatic heterocycles. The predicted octanol–water partition coefficient (Wildman–Crippen LogP) is 3.68. The number of aryl methyl sites for hydroxylation is 2. The molecule has 2 aromatic carbocycles. The molecule has 1 heterocycles. The van der Waals surface area contributed by atoms with Gasteiger partial charge in [0.25, 0.3) is 6.43 Å². The minimum Gasteiger partial charge on any atom is -0.270 e. The van der Waals surface area contributed by atoms with Crippen molar-refractivity contribution in [1.29, 1.82) is 0 Å². The summed E-state index contributed by atoms with van der Waals surface area (Å²) in [5.41, 5.74) is 2.61. The highest BCUT2D eigenvalue weighted by Gasteiger charge is 2.20. The first-order valence-electron chi connectivity index (χ1n) is 7.64. The van der Waals surface area contributed by atoms with Crippen LogP contribution >= 0.6 is 0 Å². The second kappa shape index (κ2) is 6.58. The molecule has 0 fully saturated rings. The van der Waals surface area contributed by atoms with Crippen LogP contribution in [0.2, 0.25) is 0 Å². The Hall–Kier alpha value is -2.83. The van der Waals surface area contributed by atoms with Crippen molar-refractivity contribution in [3.63, 3.8) is 0 Å². The lowest BCUT2D eigenvalue weighted by Gasteiger charge is -2.11. The van der Waals surface area contributed by atoms with Crippen LogP contribution in [0.4, 0.5) is 13.2 Å². The van der Waals surface area contributed by atoms with Crippen molar-refractivity contribution in [2.75, 3.05) is 0 Å². The second-order valence-corrected chi connectivity index (χ2v) is 5.80. The summed E-state index contributed by atoms with van der Waals surface area (Å²) in [6.07, 6.45) is -2.84. The van der Waals surface area contributed by atoms with Crippen LogP contribution in [0.1, 0.15) is 23.4 Å². The minimum absolute atomic E-state index is 0.00673. The summed E-state index contributed by atoms with van der Waals surface area (Å²) in [6.45, 7) is 1.83. The van der Waals surface area contributed by atoms with Gasteiger partial charge < -0.3 is 0 Å². The number of halogens is 3. The van der Waals surface area contributed by atoms with Crippen LogP contribution in [-0.4, -0.2) is 14.3 Å². The Labute approximate surface area is 142 Å². The van der Waals surface area contributed by atoms with Crippen LogP contribution in [0.15, 0.2) is 47.3 Å². The fourth-order valence-corrected chi connectivity index (χ4v) is 2.67. The molecule has 0 saturated carbocycles. The summed E-state index contributed by atoms with van der Waals surface area (Å²) >= 11 is 0. The zero-order valence-corrected chi connectivity index (χ0v) is 13.7. The normalized spacial score (nSPS) is 11.3. The highest BCUT2D eigenvalue weighted by atomic mass is 19.3. The van der Waals surface area contributed by atoms with E-state index in [0.717, 1.165) is 31.5 Å². The van der Waals surface area contributed by atoms with Gasteiger partial charge in [-0.25, -0.2) is 22.6 Å². The van der Waals surface area contributed by atoms with Gasteiger partial charge in [-0.05, 0) is 47.4 Å². The summed E-state index contributed by atoms with van der Waals surface area (Å²) in [5.74, 6) is -0.890. The first-order valence-corrected chi connectivity index (χ1v) is 7.64. The van der Waals surface area contributed by atoms with Gasteiger partial charge in [0.15, 0.2) is 0 Å². The van der Waals surface area contributed by atoms with Crippen LogP contribution in [0.3, 0.4) is 0 Å². The Balaban J connectivity index is 2.03. The molecule has 0 aliphatic rings. The molecule has 130 valence electrons. The molecule has 0 radical (unpaired) electrons. The fraction of sp³-hybridized carbons (Fsp3) is 0.222. The molecular formula is C18H16F3N3O. The number of hydrogen-bond acceptors (Lipinski definition) is 2. The lowest BCUT2D eigenvalue weighted by molar-refractivity contribution is 0.134. The molecule has 0 bridgehead atoms. The molecular weight excluding hydrogens is 331 g/mol. The first kappa shape index (κ1) is 17.0. The third-order valence-electron chi connectivity index (χ3n) is 4.09. The molecule has 0 N–H and O–H groups in total. The van der Waals surface area contributed by atoms with E-state index in [-0.39, 0.29) is 12.4 Å². The number of aromatic nitrogens is 3. The molecule has 0 unspecified atom stereocenters. The van der Waals surface area contributed by atoms with E-state index in [0.29, 0.717) is 0 Å². The highest BCUT2D eigenvalue weighted by molar-refractivity contribution is 5.64. The Morgan fingerprint density at radius 1 is 1.08 bits per heavy atom. The van der Waals surface area contributed by atoms with E-state index in [9.17, 15) is 18.0 Å². The maximum Gasteiger partial charge on any atom is 0.346 e. The summed E-state index contributed by atoms with van der Waals surface area (Å²) in [7, 11) is 1.34. The van der Waals surface area contributed by atoms with E-state index in [1.165, 1.54) is 19.2 Å². The van der Waals surface area contributed by atoms with Crippen LogP contribution in [0.25, 0.3) is 11.1 Å². The van der Waals surface area contributed by atoms with Crippen molar-refractivity contribution in [2.45, 2.75) is 19.9 Å². The average Bonchev–Trinajstić information content (AvgIpc) is 2.86. The Morgan fingerprint density at radius 3 is 2.36 bits per heavy atom. The number of hydrogen-bond donors (Lipinski definition) is 0. The third-order valence-corrected chi connectivity index (χ3v) is 4.09. The standard InChI is InChI=1S/C18H16F3N3O/c1-11-3-4-13(12-5-7-15(19)8-6-12)9-14(11)10-24-17(16(20)21)22-23(2)18(24)25/h3-9,16H,10H2,1-2H3. The van der Waals surface area contributed by atoms with Gasteiger partial charge in [-0.3, -0.25) is 4.57 Å².